The molecule has 0 radical (unpaired) electrons. The van der Waals surface area contributed by atoms with E-state index in [0.717, 1.165) is 23.1 Å². The van der Waals surface area contributed by atoms with Gasteiger partial charge in [0.2, 0.25) is 0 Å². The SMILES string of the molecule is FC(F)(F)Cc1ccc2c(c1)Cc1ccccc1-2. The summed E-state index contributed by atoms with van der Waals surface area (Å²) in [5.41, 5.74) is 4.74. The van der Waals surface area contributed by atoms with Crippen molar-refractivity contribution in [1.82, 2.24) is 0 Å². The van der Waals surface area contributed by atoms with E-state index in [0.29, 0.717) is 5.56 Å². The lowest BCUT2D eigenvalue weighted by Gasteiger charge is -2.08. The number of hydrogen-bond acceptors (Lipinski definition) is 0. The number of halogens is 3. The molecule has 0 spiro atoms. The van der Waals surface area contributed by atoms with Crippen molar-refractivity contribution in [3.05, 3.63) is 59.2 Å². The normalized spacial score (nSPS) is 13.3. The molecule has 0 bridgehead atoms. The van der Waals surface area contributed by atoms with Crippen LogP contribution in [0.2, 0.25) is 0 Å². The van der Waals surface area contributed by atoms with Crippen LogP contribution >= 0.6 is 0 Å². The van der Waals surface area contributed by atoms with Crippen molar-refractivity contribution in [1.29, 1.82) is 0 Å². The Labute approximate surface area is 103 Å². The predicted molar refractivity (Wildman–Crippen MR) is 64.4 cm³/mol. The van der Waals surface area contributed by atoms with Crippen LogP contribution in [-0.2, 0) is 12.8 Å². The van der Waals surface area contributed by atoms with E-state index in [9.17, 15) is 13.2 Å². The number of benzene rings is 2. The van der Waals surface area contributed by atoms with Crippen molar-refractivity contribution in [3.8, 4) is 11.1 Å². The molecule has 0 saturated carbocycles. The van der Waals surface area contributed by atoms with Gasteiger partial charge in [-0.3, -0.25) is 0 Å². The molecule has 0 fully saturated rings. The average molecular weight is 248 g/mol. The zero-order valence-electron chi connectivity index (χ0n) is 9.59. The summed E-state index contributed by atoms with van der Waals surface area (Å²) in [6, 6.07) is 13.0. The van der Waals surface area contributed by atoms with Gasteiger partial charge in [-0.05, 0) is 34.2 Å². The number of hydrogen-bond donors (Lipinski definition) is 0. The summed E-state index contributed by atoms with van der Waals surface area (Å²) >= 11 is 0. The van der Waals surface area contributed by atoms with Gasteiger partial charge in [-0.1, -0.05) is 42.5 Å². The second-order valence-corrected chi connectivity index (χ2v) is 4.62. The summed E-state index contributed by atoms with van der Waals surface area (Å²) in [5, 5.41) is 0. The van der Waals surface area contributed by atoms with E-state index in [4.69, 9.17) is 0 Å². The maximum atomic E-state index is 12.4. The van der Waals surface area contributed by atoms with Crippen molar-refractivity contribution in [3.63, 3.8) is 0 Å². The Morgan fingerprint density at radius 3 is 2.39 bits per heavy atom. The lowest BCUT2D eigenvalue weighted by Crippen LogP contribution is -2.11. The van der Waals surface area contributed by atoms with Gasteiger partial charge in [0.05, 0.1) is 6.42 Å². The first kappa shape index (κ1) is 11.3. The van der Waals surface area contributed by atoms with Gasteiger partial charge < -0.3 is 0 Å². The molecule has 1 aliphatic carbocycles. The average Bonchev–Trinajstić information content (AvgIpc) is 2.64. The molecule has 3 rings (SSSR count). The second kappa shape index (κ2) is 3.87. The summed E-state index contributed by atoms with van der Waals surface area (Å²) in [5.74, 6) is 0. The van der Waals surface area contributed by atoms with Crippen molar-refractivity contribution in [2.45, 2.75) is 19.0 Å². The van der Waals surface area contributed by atoms with Gasteiger partial charge in [-0.15, -0.1) is 0 Å². The quantitative estimate of drug-likeness (QED) is 0.600. The van der Waals surface area contributed by atoms with Crippen molar-refractivity contribution < 1.29 is 13.2 Å². The van der Waals surface area contributed by atoms with Crippen LogP contribution in [-0.4, -0.2) is 6.18 Å². The molecule has 92 valence electrons. The Balaban J connectivity index is 1.98. The van der Waals surface area contributed by atoms with E-state index in [2.05, 4.69) is 0 Å². The van der Waals surface area contributed by atoms with E-state index in [1.807, 2.05) is 30.3 Å². The molecule has 0 atom stereocenters. The topological polar surface area (TPSA) is 0 Å². The summed E-state index contributed by atoms with van der Waals surface area (Å²) in [6.45, 7) is 0. The number of alkyl halides is 3. The van der Waals surface area contributed by atoms with Gasteiger partial charge in [0.1, 0.15) is 0 Å². The fourth-order valence-corrected chi connectivity index (χ4v) is 2.54. The van der Waals surface area contributed by atoms with E-state index < -0.39 is 12.6 Å². The van der Waals surface area contributed by atoms with Crippen molar-refractivity contribution in [2.75, 3.05) is 0 Å². The highest BCUT2D eigenvalue weighted by atomic mass is 19.4. The van der Waals surface area contributed by atoms with Crippen molar-refractivity contribution >= 4 is 0 Å². The molecule has 0 aliphatic heterocycles. The standard InChI is InChI=1S/C15H11F3/c16-15(17,18)9-10-5-6-14-12(7-10)8-11-3-1-2-4-13(11)14/h1-7H,8-9H2. The molecule has 0 saturated heterocycles. The first-order valence-electron chi connectivity index (χ1n) is 5.80. The zero-order chi connectivity index (χ0) is 12.8. The van der Waals surface area contributed by atoms with E-state index in [1.165, 1.54) is 5.56 Å². The minimum Gasteiger partial charge on any atom is -0.171 e. The van der Waals surface area contributed by atoms with Gasteiger partial charge in [0.25, 0.3) is 0 Å². The number of rotatable bonds is 1. The molecule has 2 aromatic rings. The van der Waals surface area contributed by atoms with Gasteiger partial charge in [0, 0.05) is 0 Å². The highest BCUT2D eigenvalue weighted by molar-refractivity contribution is 5.76. The van der Waals surface area contributed by atoms with E-state index in [-0.39, 0.29) is 0 Å². The Morgan fingerprint density at radius 1 is 0.889 bits per heavy atom. The van der Waals surface area contributed by atoms with Crippen LogP contribution in [0.1, 0.15) is 16.7 Å². The highest BCUT2D eigenvalue weighted by Crippen LogP contribution is 2.37. The summed E-state index contributed by atoms with van der Waals surface area (Å²) in [7, 11) is 0. The molecule has 1 aliphatic rings. The third kappa shape index (κ3) is 2.01. The Bertz CT molecular complexity index is 597. The minimum absolute atomic E-state index is 0.342. The van der Waals surface area contributed by atoms with E-state index in [1.54, 1.807) is 12.1 Å². The zero-order valence-corrected chi connectivity index (χ0v) is 9.59. The molecule has 0 nitrogen and oxygen atoms in total. The molecule has 0 N–H and O–H groups in total. The lowest BCUT2D eigenvalue weighted by atomic mass is 10.0. The lowest BCUT2D eigenvalue weighted by molar-refractivity contribution is -0.127. The number of fused-ring (bicyclic) bond motifs is 3. The molecule has 0 unspecified atom stereocenters. The second-order valence-electron chi connectivity index (χ2n) is 4.62. The fraction of sp³-hybridized carbons (Fsp3) is 0.200. The Morgan fingerprint density at radius 2 is 1.61 bits per heavy atom. The largest absolute Gasteiger partial charge is 0.393 e. The molecule has 0 aromatic heterocycles. The smallest absolute Gasteiger partial charge is 0.171 e. The van der Waals surface area contributed by atoms with Crippen LogP contribution < -0.4 is 0 Å². The van der Waals surface area contributed by atoms with Crippen molar-refractivity contribution in [2.24, 2.45) is 0 Å². The van der Waals surface area contributed by atoms with E-state index >= 15 is 0 Å². The predicted octanol–water partition coefficient (Wildman–Crippen LogP) is 4.36. The van der Waals surface area contributed by atoms with Gasteiger partial charge in [-0.25, -0.2) is 0 Å². The fourth-order valence-electron chi connectivity index (χ4n) is 2.54. The third-order valence-electron chi connectivity index (χ3n) is 3.26. The summed E-state index contributed by atoms with van der Waals surface area (Å²) in [6.07, 6.45) is -4.26. The molecule has 2 aromatic carbocycles. The Kier molecular flexibility index (Phi) is 2.44. The molecule has 0 amide bonds. The van der Waals surface area contributed by atoms with Crippen LogP contribution in [0.25, 0.3) is 11.1 Å². The molecule has 3 heteroatoms. The summed E-state index contributed by atoms with van der Waals surface area (Å²) in [4.78, 5) is 0. The monoisotopic (exact) mass is 248 g/mol. The third-order valence-corrected chi connectivity index (χ3v) is 3.26. The van der Waals surface area contributed by atoms with Gasteiger partial charge in [-0.2, -0.15) is 13.2 Å². The van der Waals surface area contributed by atoms with Crippen LogP contribution in [0.5, 0.6) is 0 Å². The van der Waals surface area contributed by atoms with Gasteiger partial charge in [0.15, 0.2) is 0 Å². The van der Waals surface area contributed by atoms with Gasteiger partial charge >= 0.3 is 6.18 Å². The Hall–Kier alpha value is -1.77. The van der Waals surface area contributed by atoms with Crippen LogP contribution in [0.15, 0.2) is 42.5 Å². The van der Waals surface area contributed by atoms with Crippen LogP contribution in [0, 0.1) is 0 Å². The molecule has 0 heterocycles. The highest BCUT2D eigenvalue weighted by Gasteiger charge is 2.28. The summed E-state index contributed by atoms with van der Waals surface area (Å²) < 4.78 is 37.1. The maximum Gasteiger partial charge on any atom is 0.393 e. The minimum atomic E-state index is -4.14. The van der Waals surface area contributed by atoms with Crippen LogP contribution in [0.3, 0.4) is 0 Å². The first-order chi connectivity index (χ1) is 8.53. The molecular formula is C15H11F3. The molecular weight excluding hydrogens is 237 g/mol. The maximum absolute atomic E-state index is 12.4. The van der Waals surface area contributed by atoms with Crippen LogP contribution in [0.4, 0.5) is 13.2 Å². The molecule has 18 heavy (non-hydrogen) atoms. The first-order valence-corrected chi connectivity index (χ1v) is 5.80.